The summed E-state index contributed by atoms with van der Waals surface area (Å²) in [5.74, 6) is 0. The van der Waals surface area contributed by atoms with Crippen molar-refractivity contribution in [1.82, 2.24) is 4.98 Å². The van der Waals surface area contributed by atoms with Crippen molar-refractivity contribution in [3.8, 4) is 6.07 Å². The van der Waals surface area contributed by atoms with Crippen molar-refractivity contribution in [2.75, 3.05) is 6.54 Å². The number of halogens is 4. The summed E-state index contributed by atoms with van der Waals surface area (Å²) >= 11 is 0. The summed E-state index contributed by atoms with van der Waals surface area (Å²) < 4.78 is 37.6. The van der Waals surface area contributed by atoms with Crippen LogP contribution in [0.1, 0.15) is 22.4 Å². The molecule has 0 saturated carbocycles. The van der Waals surface area contributed by atoms with E-state index in [4.69, 9.17) is 5.73 Å². The van der Waals surface area contributed by atoms with Crippen LogP contribution in [0.4, 0.5) is 13.2 Å². The Morgan fingerprint density at radius 2 is 2.00 bits per heavy atom. The fourth-order valence-electron chi connectivity index (χ4n) is 2.06. The van der Waals surface area contributed by atoms with Crippen molar-refractivity contribution in [2.45, 2.75) is 12.6 Å². The number of hydrogen-bond donors (Lipinski definition) is 1. The van der Waals surface area contributed by atoms with Gasteiger partial charge in [0.25, 0.3) is 0 Å². The maximum absolute atomic E-state index is 12.5. The van der Waals surface area contributed by atoms with Gasteiger partial charge in [-0.1, -0.05) is 24.3 Å². The Labute approximate surface area is 144 Å². The summed E-state index contributed by atoms with van der Waals surface area (Å²) in [6.45, 7) is 0.513. The molecule has 126 valence electrons. The highest BCUT2D eigenvalue weighted by Crippen LogP contribution is 2.29. The van der Waals surface area contributed by atoms with Crippen LogP contribution in [0, 0.1) is 11.3 Å². The van der Waals surface area contributed by atoms with Gasteiger partial charge < -0.3 is 5.73 Å². The van der Waals surface area contributed by atoms with Crippen LogP contribution < -0.4 is 5.73 Å². The molecular weight excluding hydrogens is 339 g/mol. The number of aromatic nitrogens is 1. The molecule has 0 aliphatic carbocycles. The molecule has 0 aliphatic heterocycles. The van der Waals surface area contributed by atoms with Crippen LogP contribution in [0.5, 0.6) is 0 Å². The van der Waals surface area contributed by atoms with E-state index in [0.29, 0.717) is 13.0 Å². The van der Waals surface area contributed by atoms with E-state index in [2.05, 4.69) is 4.98 Å². The molecule has 0 spiro atoms. The van der Waals surface area contributed by atoms with Gasteiger partial charge in [0.05, 0.1) is 16.8 Å². The van der Waals surface area contributed by atoms with E-state index in [9.17, 15) is 18.4 Å². The summed E-state index contributed by atoms with van der Waals surface area (Å²) in [7, 11) is 0. The normalized spacial score (nSPS) is 11.5. The first-order valence-electron chi connectivity index (χ1n) is 6.88. The maximum Gasteiger partial charge on any atom is 0.417 e. The SMILES string of the molecule is Cl.N#C/C(=C/c1cccc(CCN)c1)c1ccc(C(F)(F)F)cn1. The monoisotopic (exact) mass is 353 g/mol. The number of nitriles is 1. The van der Waals surface area contributed by atoms with Gasteiger partial charge in [0.2, 0.25) is 0 Å². The zero-order valence-electron chi connectivity index (χ0n) is 12.5. The minimum absolute atomic E-state index is 0. The summed E-state index contributed by atoms with van der Waals surface area (Å²) in [5.41, 5.74) is 6.86. The van der Waals surface area contributed by atoms with Crippen molar-refractivity contribution in [3.05, 3.63) is 65.0 Å². The number of pyridine rings is 1. The predicted molar refractivity (Wildman–Crippen MR) is 89.2 cm³/mol. The minimum atomic E-state index is -4.45. The molecule has 0 fully saturated rings. The first-order chi connectivity index (χ1) is 10.9. The van der Waals surface area contributed by atoms with Crippen LogP contribution in [0.3, 0.4) is 0 Å². The molecule has 1 aromatic carbocycles. The second kappa shape index (κ2) is 8.48. The standard InChI is InChI=1S/C17H14F3N3.ClH/c18-17(19,20)15-4-5-16(23-11-15)14(10-22)9-13-3-1-2-12(8-13)6-7-21;/h1-5,8-9,11H,6-7,21H2;1H/b14-9-;. The fourth-order valence-corrected chi connectivity index (χ4v) is 2.06. The van der Waals surface area contributed by atoms with Crippen LogP contribution in [-0.4, -0.2) is 11.5 Å². The van der Waals surface area contributed by atoms with Gasteiger partial charge >= 0.3 is 6.18 Å². The molecule has 2 rings (SSSR count). The lowest BCUT2D eigenvalue weighted by Crippen LogP contribution is -2.05. The second-order valence-corrected chi connectivity index (χ2v) is 4.88. The molecule has 0 bridgehead atoms. The lowest BCUT2D eigenvalue weighted by molar-refractivity contribution is -0.137. The van der Waals surface area contributed by atoms with Gasteiger partial charge in [-0.25, -0.2) is 0 Å². The Kier molecular flexibility index (Phi) is 6.96. The highest BCUT2D eigenvalue weighted by atomic mass is 35.5. The zero-order chi connectivity index (χ0) is 16.9. The Morgan fingerprint density at radius 3 is 2.54 bits per heavy atom. The Hall–Kier alpha value is -2.36. The van der Waals surface area contributed by atoms with Gasteiger partial charge in [-0.2, -0.15) is 18.4 Å². The van der Waals surface area contributed by atoms with Crippen molar-refractivity contribution in [3.63, 3.8) is 0 Å². The largest absolute Gasteiger partial charge is 0.417 e. The van der Waals surface area contributed by atoms with Gasteiger partial charge in [0, 0.05) is 6.20 Å². The number of rotatable bonds is 4. The molecule has 0 amide bonds. The third-order valence-corrected chi connectivity index (χ3v) is 3.18. The molecule has 0 saturated heterocycles. The summed E-state index contributed by atoms with van der Waals surface area (Å²) in [4.78, 5) is 3.74. The molecule has 2 aromatic rings. The average Bonchev–Trinajstić information content (AvgIpc) is 2.53. The van der Waals surface area contributed by atoms with E-state index in [-0.39, 0.29) is 23.7 Å². The molecule has 24 heavy (non-hydrogen) atoms. The number of benzene rings is 1. The lowest BCUT2D eigenvalue weighted by atomic mass is 10.0. The average molecular weight is 354 g/mol. The van der Waals surface area contributed by atoms with E-state index in [1.54, 1.807) is 12.1 Å². The fraction of sp³-hybridized carbons (Fsp3) is 0.176. The van der Waals surface area contributed by atoms with Crippen molar-refractivity contribution < 1.29 is 13.2 Å². The molecule has 1 heterocycles. The van der Waals surface area contributed by atoms with Crippen molar-refractivity contribution >= 4 is 24.1 Å². The van der Waals surface area contributed by atoms with E-state index in [1.807, 2.05) is 24.3 Å². The van der Waals surface area contributed by atoms with Gasteiger partial charge in [0.15, 0.2) is 0 Å². The van der Waals surface area contributed by atoms with Gasteiger partial charge in [0.1, 0.15) is 6.07 Å². The molecule has 2 N–H and O–H groups in total. The highest BCUT2D eigenvalue weighted by Gasteiger charge is 2.30. The molecule has 3 nitrogen and oxygen atoms in total. The van der Waals surface area contributed by atoms with Gasteiger partial charge in [-0.3, -0.25) is 4.98 Å². The topological polar surface area (TPSA) is 62.7 Å². The van der Waals surface area contributed by atoms with E-state index >= 15 is 0 Å². The number of hydrogen-bond acceptors (Lipinski definition) is 3. The van der Waals surface area contributed by atoms with Crippen molar-refractivity contribution in [2.24, 2.45) is 5.73 Å². The number of nitrogens with zero attached hydrogens (tertiary/aromatic N) is 2. The number of alkyl halides is 3. The molecule has 0 atom stereocenters. The predicted octanol–water partition coefficient (Wildman–Crippen LogP) is 4.09. The van der Waals surface area contributed by atoms with Gasteiger partial charge in [-0.05, 0) is 42.3 Å². The molecule has 0 radical (unpaired) electrons. The molecule has 0 aliphatic rings. The van der Waals surface area contributed by atoms with Crippen LogP contribution in [0.25, 0.3) is 11.6 Å². The van der Waals surface area contributed by atoms with Crippen LogP contribution >= 0.6 is 12.4 Å². The molecule has 7 heteroatoms. The Balaban J connectivity index is 0.00000288. The van der Waals surface area contributed by atoms with Crippen LogP contribution in [0.15, 0.2) is 42.6 Å². The summed E-state index contributed by atoms with van der Waals surface area (Å²) in [6.07, 6.45) is -1.42. The number of allylic oxidation sites excluding steroid dienone is 1. The second-order valence-electron chi connectivity index (χ2n) is 4.88. The van der Waals surface area contributed by atoms with Crippen LogP contribution in [0.2, 0.25) is 0 Å². The van der Waals surface area contributed by atoms with E-state index < -0.39 is 11.7 Å². The van der Waals surface area contributed by atoms with E-state index in [1.165, 1.54) is 6.07 Å². The molecule has 0 unspecified atom stereocenters. The van der Waals surface area contributed by atoms with Crippen molar-refractivity contribution in [1.29, 1.82) is 5.26 Å². The first-order valence-corrected chi connectivity index (χ1v) is 6.88. The maximum atomic E-state index is 12.5. The summed E-state index contributed by atoms with van der Waals surface area (Å²) in [6, 6.07) is 11.5. The number of nitrogens with two attached hydrogens (primary N) is 1. The third-order valence-electron chi connectivity index (χ3n) is 3.18. The molecule has 1 aromatic heterocycles. The molecular formula is C17H15ClF3N3. The van der Waals surface area contributed by atoms with Gasteiger partial charge in [-0.15, -0.1) is 12.4 Å². The smallest absolute Gasteiger partial charge is 0.330 e. The zero-order valence-corrected chi connectivity index (χ0v) is 13.4. The quantitative estimate of drug-likeness (QED) is 0.842. The lowest BCUT2D eigenvalue weighted by Gasteiger charge is -2.06. The van der Waals surface area contributed by atoms with Crippen LogP contribution in [-0.2, 0) is 12.6 Å². The van der Waals surface area contributed by atoms with E-state index in [0.717, 1.165) is 23.4 Å². The first kappa shape index (κ1) is 19.7. The highest BCUT2D eigenvalue weighted by molar-refractivity contribution is 5.88. The summed E-state index contributed by atoms with van der Waals surface area (Å²) in [5, 5.41) is 9.24. The minimum Gasteiger partial charge on any atom is -0.330 e. The Bertz CT molecular complexity index is 747. The Morgan fingerprint density at radius 1 is 1.25 bits per heavy atom. The third kappa shape index (κ3) is 5.08.